The normalized spacial score (nSPS) is 10.7. The first-order valence-electron chi connectivity index (χ1n) is 8.43. The Kier molecular flexibility index (Phi) is 4.74. The molecule has 27 heavy (non-hydrogen) atoms. The molecule has 0 aliphatic carbocycles. The summed E-state index contributed by atoms with van der Waals surface area (Å²) in [6, 6.07) is 17.3. The molecule has 0 radical (unpaired) electrons. The van der Waals surface area contributed by atoms with Crippen LogP contribution in [0.3, 0.4) is 0 Å². The average Bonchev–Trinajstić information content (AvgIpc) is 3.17. The number of nitrogens with zero attached hydrogens (tertiary/aromatic N) is 4. The number of hydrogen-bond donors (Lipinski definition) is 1. The predicted octanol–water partition coefficient (Wildman–Crippen LogP) is 3.28. The van der Waals surface area contributed by atoms with Crippen molar-refractivity contribution in [3.63, 3.8) is 0 Å². The molecule has 3 aromatic heterocycles. The van der Waals surface area contributed by atoms with Gasteiger partial charge in [-0.3, -0.25) is 0 Å². The summed E-state index contributed by atoms with van der Waals surface area (Å²) in [6.45, 7) is 0.479. The highest BCUT2D eigenvalue weighted by molar-refractivity contribution is 5.66. The fourth-order valence-corrected chi connectivity index (χ4v) is 2.54. The van der Waals surface area contributed by atoms with Crippen LogP contribution in [0, 0.1) is 0 Å². The van der Waals surface area contributed by atoms with Crippen molar-refractivity contribution in [3.05, 3.63) is 84.0 Å². The lowest BCUT2D eigenvalue weighted by molar-refractivity contribution is 0.293. The van der Waals surface area contributed by atoms with E-state index in [9.17, 15) is 0 Å². The molecule has 0 unspecified atom stereocenters. The number of ether oxygens (including phenoxy) is 1. The van der Waals surface area contributed by atoms with Crippen molar-refractivity contribution < 1.29 is 9.15 Å². The van der Waals surface area contributed by atoms with E-state index in [-0.39, 0.29) is 0 Å². The third-order valence-corrected chi connectivity index (χ3v) is 3.92. The van der Waals surface area contributed by atoms with Gasteiger partial charge in [-0.15, -0.1) is 10.2 Å². The summed E-state index contributed by atoms with van der Waals surface area (Å²) in [5, 5.41) is 8.11. The summed E-state index contributed by atoms with van der Waals surface area (Å²) in [5.41, 5.74) is 8.50. The van der Waals surface area contributed by atoms with Crippen LogP contribution >= 0.6 is 0 Å². The Morgan fingerprint density at radius 3 is 2.56 bits per heavy atom. The first kappa shape index (κ1) is 16.7. The van der Waals surface area contributed by atoms with E-state index in [0.717, 1.165) is 11.1 Å². The molecule has 2 N–H and O–H groups in total. The van der Waals surface area contributed by atoms with Gasteiger partial charge in [0.05, 0.1) is 12.0 Å². The maximum atomic E-state index is 5.84. The first-order chi connectivity index (χ1) is 13.3. The highest BCUT2D eigenvalue weighted by Gasteiger charge is 2.12. The first-order valence-corrected chi connectivity index (χ1v) is 8.43. The minimum absolute atomic E-state index is 0.353. The van der Waals surface area contributed by atoms with Crippen LogP contribution in [-0.4, -0.2) is 20.2 Å². The van der Waals surface area contributed by atoms with Crippen LogP contribution in [-0.2, 0) is 13.0 Å². The van der Waals surface area contributed by atoms with Crippen molar-refractivity contribution in [2.45, 2.75) is 13.0 Å². The van der Waals surface area contributed by atoms with Crippen LogP contribution in [0.15, 0.2) is 71.4 Å². The summed E-state index contributed by atoms with van der Waals surface area (Å²) >= 11 is 0. The lowest BCUT2D eigenvalue weighted by Crippen LogP contribution is -1.97. The van der Waals surface area contributed by atoms with E-state index in [1.54, 1.807) is 24.5 Å². The topological polar surface area (TPSA) is 100.0 Å². The monoisotopic (exact) mass is 359 g/mol. The van der Waals surface area contributed by atoms with Crippen molar-refractivity contribution in [2.75, 3.05) is 5.73 Å². The smallest absolute Gasteiger partial charge is 0.251 e. The van der Waals surface area contributed by atoms with Crippen molar-refractivity contribution in [2.24, 2.45) is 0 Å². The van der Waals surface area contributed by atoms with Gasteiger partial charge in [0.2, 0.25) is 11.8 Å². The minimum Gasteiger partial charge on any atom is -0.473 e. The minimum atomic E-state index is 0.353. The summed E-state index contributed by atoms with van der Waals surface area (Å²) in [6.07, 6.45) is 3.82. The van der Waals surface area contributed by atoms with Crippen molar-refractivity contribution in [1.82, 2.24) is 20.2 Å². The average molecular weight is 359 g/mol. The van der Waals surface area contributed by atoms with Gasteiger partial charge < -0.3 is 14.9 Å². The summed E-state index contributed by atoms with van der Waals surface area (Å²) in [7, 11) is 0. The third-order valence-electron chi connectivity index (χ3n) is 3.92. The van der Waals surface area contributed by atoms with Gasteiger partial charge in [0.25, 0.3) is 5.89 Å². The number of aromatic nitrogens is 4. The molecule has 0 atom stereocenters. The van der Waals surface area contributed by atoms with E-state index >= 15 is 0 Å². The predicted molar refractivity (Wildman–Crippen MR) is 99.8 cm³/mol. The lowest BCUT2D eigenvalue weighted by atomic mass is 10.2. The second kappa shape index (κ2) is 7.65. The van der Waals surface area contributed by atoms with Gasteiger partial charge in [-0.1, -0.05) is 36.4 Å². The van der Waals surface area contributed by atoms with E-state index in [1.165, 1.54) is 0 Å². The molecule has 7 heteroatoms. The summed E-state index contributed by atoms with van der Waals surface area (Å²) in [5.74, 6) is 1.76. The molecule has 4 aromatic rings. The SMILES string of the molecule is Nc1ncccc1-c1nnc(Cc2ccc(OCc3ccccc3)nc2)o1. The zero-order chi connectivity index (χ0) is 18.5. The quantitative estimate of drug-likeness (QED) is 0.564. The molecule has 0 bridgehead atoms. The van der Waals surface area contributed by atoms with Crippen molar-refractivity contribution in [3.8, 4) is 17.3 Å². The van der Waals surface area contributed by atoms with Gasteiger partial charge in [-0.2, -0.15) is 0 Å². The van der Waals surface area contributed by atoms with E-state index < -0.39 is 0 Å². The fourth-order valence-electron chi connectivity index (χ4n) is 2.54. The molecular weight excluding hydrogens is 342 g/mol. The van der Waals surface area contributed by atoms with Crippen LogP contribution in [0.25, 0.3) is 11.5 Å². The number of pyridine rings is 2. The summed E-state index contributed by atoms with van der Waals surface area (Å²) < 4.78 is 11.4. The molecule has 0 saturated heterocycles. The Bertz CT molecular complexity index is 1020. The molecule has 1 aromatic carbocycles. The van der Waals surface area contributed by atoms with Crippen LogP contribution in [0.5, 0.6) is 5.88 Å². The Morgan fingerprint density at radius 2 is 1.78 bits per heavy atom. The molecule has 0 aliphatic rings. The van der Waals surface area contributed by atoms with E-state index in [4.69, 9.17) is 14.9 Å². The Morgan fingerprint density at radius 1 is 0.889 bits per heavy atom. The van der Waals surface area contributed by atoms with Gasteiger partial charge in [-0.25, -0.2) is 9.97 Å². The number of nitrogen functional groups attached to an aromatic ring is 1. The van der Waals surface area contributed by atoms with Crippen molar-refractivity contribution >= 4 is 5.82 Å². The highest BCUT2D eigenvalue weighted by atomic mass is 16.5. The maximum Gasteiger partial charge on any atom is 0.251 e. The highest BCUT2D eigenvalue weighted by Crippen LogP contribution is 2.23. The molecular formula is C20H17N5O2. The number of nitrogens with two attached hydrogens (primary N) is 1. The van der Waals surface area contributed by atoms with Crippen molar-refractivity contribution in [1.29, 1.82) is 0 Å². The zero-order valence-corrected chi connectivity index (χ0v) is 14.4. The molecule has 0 saturated carbocycles. The van der Waals surface area contributed by atoms with Gasteiger partial charge >= 0.3 is 0 Å². The molecule has 134 valence electrons. The Hall–Kier alpha value is -3.74. The maximum absolute atomic E-state index is 5.84. The van der Waals surface area contributed by atoms with Gasteiger partial charge in [-0.05, 0) is 23.3 Å². The molecule has 0 amide bonds. The second-order valence-electron chi connectivity index (χ2n) is 5.89. The number of benzene rings is 1. The van der Waals surface area contributed by atoms with E-state index in [2.05, 4.69) is 20.2 Å². The Labute approximate surface area is 155 Å². The standard InChI is InChI=1S/C20H17N5O2/c21-19-16(7-4-10-22-19)20-25-24-18(27-20)11-15-8-9-17(23-12-15)26-13-14-5-2-1-3-6-14/h1-10,12H,11,13H2,(H2,21,22). The molecule has 4 rings (SSSR count). The number of hydrogen-bond acceptors (Lipinski definition) is 7. The number of rotatable bonds is 6. The fraction of sp³-hybridized carbons (Fsp3) is 0.100. The van der Waals surface area contributed by atoms with Crippen LogP contribution in [0.4, 0.5) is 5.82 Å². The molecule has 0 aliphatic heterocycles. The third kappa shape index (κ3) is 4.09. The van der Waals surface area contributed by atoms with Crippen LogP contribution < -0.4 is 10.5 Å². The molecule has 0 fully saturated rings. The van der Waals surface area contributed by atoms with Crippen LogP contribution in [0.2, 0.25) is 0 Å². The largest absolute Gasteiger partial charge is 0.473 e. The van der Waals surface area contributed by atoms with Gasteiger partial charge in [0.15, 0.2) is 0 Å². The van der Waals surface area contributed by atoms with Gasteiger partial charge in [0, 0.05) is 18.5 Å². The molecule has 3 heterocycles. The number of anilines is 1. The van der Waals surface area contributed by atoms with E-state index in [0.29, 0.717) is 42.1 Å². The zero-order valence-electron chi connectivity index (χ0n) is 14.4. The summed E-state index contributed by atoms with van der Waals surface area (Å²) in [4.78, 5) is 8.35. The van der Waals surface area contributed by atoms with E-state index in [1.807, 2.05) is 42.5 Å². The molecule has 7 nitrogen and oxygen atoms in total. The van der Waals surface area contributed by atoms with Gasteiger partial charge in [0.1, 0.15) is 12.4 Å². The lowest BCUT2D eigenvalue weighted by Gasteiger charge is -2.05. The van der Waals surface area contributed by atoms with Crippen LogP contribution in [0.1, 0.15) is 17.0 Å². The second-order valence-corrected chi connectivity index (χ2v) is 5.89. The Balaban J connectivity index is 1.39. The molecule has 0 spiro atoms.